The van der Waals surface area contributed by atoms with Gasteiger partial charge in [-0.25, -0.2) is 9.97 Å². The number of piperazine rings is 1. The number of hydrogen-bond acceptors (Lipinski definition) is 7. The maximum atomic E-state index is 12.8. The zero-order valence-electron chi connectivity index (χ0n) is 15.0. The number of carbonyl (C=O) groups excluding carboxylic acids is 1. The maximum absolute atomic E-state index is 12.8. The molecule has 1 atom stereocenters. The maximum Gasteiger partial charge on any atom is 0.216 e. The fourth-order valence-corrected chi connectivity index (χ4v) is 4.13. The van der Waals surface area contributed by atoms with Gasteiger partial charge in [0.05, 0.1) is 5.56 Å². The summed E-state index contributed by atoms with van der Waals surface area (Å²) >= 11 is 1.58. The summed E-state index contributed by atoms with van der Waals surface area (Å²) < 4.78 is 0. The summed E-state index contributed by atoms with van der Waals surface area (Å²) in [4.78, 5) is 24.6. The highest BCUT2D eigenvalue weighted by Crippen LogP contribution is 2.29. The van der Waals surface area contributed by atoms with Gasteiger partial charge in [0, 0.05) is 38.2 Å². The normalized spacial score (nSPS) is 17.9. The highest BCUT2D eigenvalue weighted by molar-refractivity contribution is 7.15. The molecule has 0 bridgehead atoms. The molecule has 1 aliphatic rings. The first-order chi connectivity index (χ1) is 12.0. The van der Waals surface area contributed by atoms with Gasteiger partial charge in [0.15, 0.2) is 5.13 Å². The lowest BCUT2D eigenvalue weighted by Gasteiger charge is -2.34. The summed E-state index contributed by atoms with van der Waals surface area (Å²) in [6.45, 7) is 9.19. The third kappa shape index (κ3) is 3.99. The van der Waals surface area contributed by atoms with Crippen molar-refractivity contribution in [3.63, 3.8) is 0 Å². The van der Waals surface area contributed by atoms with Gasteiger partial charge in [-0.1, -0.05) is 13.8 Å². The van der Waals surface area contributed by atoms with Crippen molar-refractivity contribution in [3.8, 4) is 0 Å². The quantitative estimate of drug-likeness (QED) is 0.797. The molecule has 7 heteroatoms. The summed E-state index contributed by atoms with van der Waals surface area (Å²) in [5.74, 6) is 0.751. The average molecular weight is 362 g/mol. The molecule has 0 saturated carbocycles. The lowest BCUT2D eigenvalue weighted by molar-refractivity contribution is 0.103. The van der Waals surface area contributed by atoms with Gasteiger partial charge in [0.25, 0.3) is 0 Å². The smallest absolute Gasteiger partial charge is 0.216 e. The molecule has 3 heterocycles. The third-order valence-corrected chi connectivity index (χ3v) is 5.40. The number of nitrogens with zero attached hydrogens (tertiary/aromatic N) is 3. The second kappa shape index (κ2) is 7.49. The van der Waals surface area contributed by atoms with E-state index in [1.165, 1.54) is 0 Å². The molecule has 0 aromatic carbocycles. The summed E-state index contributed by atoms with van der Waals surface area (Å²) in [6, 6.07) is 3.89. The number of pyridine rings is 1. The van der Waals surface area contributed by atoms with E-state index in [-0.39, 0.29) is 13.0 Å². The van der Waals surface area contributed by atoms with E-state index in [9.17, 15) is 4.79 Å². The van der Waals surface area contributed by atoms with E-state index in [0.29, 0.717) is 23.2 Å². The van der Waals surface area contributed by atoms with Crippen molar-refractivity contribution >= 4 is 28.1 Å². The molecule has 0 amide bonds. The summed E-state index contributed by atoms with van der Waals surface area (Å²) in [5.41, 5.74) is 6.75. The first-order valence-electron chi connectivity index (χ1n) is 8.66. The van der Waals surface area contributed by atoms with Crippen LogP contribution in [0.4, 0.5) is 10.9 Å². The van der Waals surface area contributed by atoms with Gasteiger partial charge in [-0.3, -0.25) is 4.79 Å². The molecule has 0 unspecified atom stereocenters. The number of nitrogen functional groups attached to an aromatic ring is 1. The van der Waals surface area contributed by atoms with Crippen molar-refractivity contribution in [3.05, 3.63) is 34.5 Å². The Morgan fingerprint density at radius 2 is 2.36 bits per heavy atom. The van der Waals surface area contributed by atoms with Crippen LogP contribution in [0.5, 0.6) is 0 Å². The van der Waals surface area contributed by atoms with Crippen LogP contribution in [0.15, 0.2) is 18.3 Å². The molecule has 2 aromatic rings. The highest BCUT2D eigenvalue weighted by atomic mass is 32.1. The highest BCUT2D eigenvalue weighted by Gasteiger charge is 2.25. The summed E-state index contributed by atoms with van der Waals surface area (Å²) in [5, 5.41) is 4.49. The van der Waals surface area contributed by atoms with Crippen molar-refractivity contribution in [1.29, 1.82) is 0 Å². The van der Waals surface area contributed by atoms with Crippen molar-refractivity contribution in [2.75, 3.05) is 30.3 Å². The fraction of sp³-hybridized carbons (Fsp3) is 0.500. The van der Waals surface area contributed by atoms with E-state index in [4.69, 9.17) is 5.73 Å². The molecule has 25 heavy (non-hydrogen) atoms. The Balaban J connectivity index is 0.00000243. The standard InChI is InChI=1S/C18H25N5OS.H2/c1-11(2)9-13-10-23(8-7-20-13)18-22-15(12(3)25-18)16(24)14-5-4-6-21-17(14)19;/h4-6,11,13,20H,7-10H2,1-3H3,(H2,19,21);1H/t13-;/m0./s1. The average Bonchev–Trinajstić information content (AvgIpc) is 2.96. The Kier molecular flexibility index (Phi) is 5.34. The SMILES string of the molecule is Cc1sc(N2CCN[C@@H](CC(C)C)C2)nc1C(=O)c1cccnc1N.[HH]. The third-order valence-electron chi connectivity index (χ3n) is 4.37. The number of aryl methyl sites for hydroxylation is 1. The van der Waals surface area contributed by atoms with Gasteiger partial charge in [0.1, 0.15) is 11.5 Å². The molecular formula is C18H27N5OS. The van der Waals surface area contributed by atoms with Crippen LogP contribution >= 0.6 is 11.3 Å². The molecule has 1 saturated heterocycles. The molecule has 0 radical (unpaired) electrons. The fourth-order valence-electron chi connectivity index (χ4n) is 3.19. The zero-order valence-corrected chi connectivity index (χ0v) is 15.8. The minimum atomic E-state index is -0.153. The van der Waals surface area contributed by atoms with Crippen LogP contribution in [0, 0.1) is 12.8 Å². The summed E-state index contributed by atoms with van der Waals surface area (Å²) in [6.07, 6.45) is 2.72. The number of thiazole rings is 1. The molecule has 3 N–H and O–H groups in total. The largest absolute Gasteiger partial charge is 0.383 e. The van der Waals surface area contributed by atoms with Crippen molar-refractivity contribution < 1.29 is 6.22 Å². The minimum absolute atomic E-state index is 0. The van der Waals surface area contributed by atoms with E-state index in [1.807, 2.05) is 6.92 Å². The van der Waals surface area contributed by atoms with Gasteiger partial charge in [0.2, 0.25) is 5.78 Å². The number of hydrogen-bond donors (Lipinski definition) is 2. The Hall–Kier alpha value is -1.99. The van der Waals surface area contributed by atoms with Crippen molar-refractivity contribution in [2.24, 2.45) is 5.92 Å². The van der Waals surface area contributed by atoms with Crippen LogP contribution in [0.2, 0.25) is 0 Å². The molecule has 0 aliphatic carbocycles. The van der Waals surface area contributed by atoms with E-state index < -0.39 is 0 Å². The summed E-state index contributed by atoms with van der Waals surface area (Å²) in [7, 11) is 0. The first kappa shape index (κ1) is 17.8. The molecule has 6 nitrogen and oxygen atoms in total. The lowest BCUT2D eigenvalue weighted by Crippen LogP contribution is -2.51. The number of ketones is 1. The van der Waals surface area contributed by atoms with Gasteiger partial charge in [-0.2, -0.15) is 0 Å². The predicted octanol–water partition coefficient (Wildman–Crippen LogP) is 2.73. The molecule has 2 aromatic heterocycles. The predicted molar refractivity (Wildman–Crippen MR) is 105 cm³/mol. The van der Waals surface area contributed by atoms with E-state index in [1.54, 1.807) is 29.7 Å². The topological polar surface area (TPSA) is 84.1 Å². The Morgan fingerprint density at radius 3 is 3.08 bits per heavy atom. The van der Waals surface area contributed by atoms with Crippen LogP contribution in [0.3, 0.4) is 0 Å². The Morgan fingerprint density at radius 1 is 1.56 bits per heavy atom. The molecule has 1 aliphatic heterocycles. The van der Waals surface area contributed by atoms with Crippen molar-refractivity contribution in [1.82, 2.24) is 15.3 Å². The molecular weight excluding hydrogens is 334 g/mol. The molecule has 3 rings (SSSR count). The second-order valence-corrected chi connectivity index (χ2v) is 8.07. The second-order valence-electron chi connectivity index (χ2n) is 6.89. The number of aromatic nitrogens is 2. The molecule has 0 spiro atoms. The zero-order chi connectivity index (χ0) is 18.0. The van der Waals surface area contributed by atoms with E-state index >= 15 is 0 Å². The monoisotopic (exact) mass is 361 g/mol. The number of nitrogens with one attached hydrogen (secondary N) is 1. The van der Waals surface area contributed by atoms with Crippen LogP contribution in [-0.4, -0.2) is 41.4 Å². The number of nitrogens with two attached hydrogens (primary N) is 1. The van der Waals surface area contributed by atoms with Gasteiger partial charge in [-0.15, -0.1) is 11.3 Å². The molecule has 136 valence electrons. The minimum Gasteiger partial charge on any atom is -0.383 e. The van der Waals surface area contributed by atoms with Crippen LogP contribution in [0.25, 0.3) is 0 Å². The van der Waals surface area contributed by atoms with E-state index in [2.05, 4.69) is 34.0 Å². The Labute approximate surface area is 154 Å². The van der Waals surface area contributed by atoms with Crippen LogP contribution in [0.1, 0.15) is 42.6 Å². The number of rotatable bonds is 5. The lowest BCUT2D eigenvalue weighted by atomic mass is 10.0. The van der Waals surface area contributed by atoms with Gasteiger partial charge >= 0.3 is 0 Å². The van der Waals surface area contributed by atoms with E-state index in [0.717, 1.165) is 36.1 Å². The molecule has 1 fully saturated rings. The van der Waals surface area contributed by atoms with Crippen LogP contribution in [-0.2, 0) is 0 Å². The van der Waals surface area contributed by atoms with Gasteiger partial charge < -0.3 is 16.0 Å². The van der Waals surface area contributed by atoms with Gasteiger partial charge in [-0.05, 0) is 31.4 Å². The number of anilines is 2. The Bertz CT molecular complexity index is 764. The van der Waals surface area contributed by atoms with Crippen LogP contribution < -0.4 is 16.0 Å². The van der Waals surface area contributed by atoms with Crippen molar-refractivity contribution in [2.45, 2.75) is 33.2 Å². The number of carbonyl (C=O) groups is 1. The first-order valence-corrected chi connectivity index (χ1v) is 9.48.